The predicted molar refractivity (Wildman–Crippen MR) is 79.1 cm³/mol. The Hall–Kier alpha value is -2.18. The van der Waals surface area contributed by atoms with Crippen LogP contribution in [0.25, 0.3) is 0 Å². The number of anilines is 1. The van der Waals surface area contributed by atoms with Gasteiger partial charge in [-0.3, -0.25) is 9.59 Å². The van der Waals surface area contributed by atoms with Crippen LogP contribution in [0.3, 0.4) is 0 Å². The average Bonchev–Trinajstić information content (AvgIpc) is 2.42. The molecule has 1 aromatic heterocycles. The van der Waals surface area contributed by atoms with E-state index in [1.165, 1.54) is 4.90 Å². The Morgan fingerprint density at radius 2 is 1.95 bits per heavy atom. The fourth-order valence-electron chi connectivity index (χ4n) is 1.84. The van der Waals surface area contributed by atoms with E-state index in [-0.39, 0.29) is 18.1 Å². The number of carboxylic acids is 1. The minimum atomic E-state index is -0.830. The summed E-state index contributed by atoms with van der Waals surface area (Å²) in [5.41, 5.74) is 0.252. The third-order valence-corrected chi connectivity index (χ3v) is 2.92. The van der Waals surface area contributed by atoms with Crippen molar-refractivity contribution in [2.24, 2.45) is 11.8 Å². The highest BCUT2D eigenvalue weighted by Crippen LogP contribution is 2.13. The van der Waals surface area contributed by atoms with Crippen molar-refractivity contribution in [2.45, 2.75) is 20.3 Å². The van der Waals surface area contributed by atoms with Crippen LogP contribution in [0.5, 0.6) is 0 Å². The molecule has 0 radical (unpaired) electrons. The molecular formula is C14H22N4O3. The molecule has 7 nitrogen and oxygen atoms in total. The van der Waals surface area contributed by atoms with Gasteiger partial charge in [0.15, 0.2) is 5.69 Å². The Bertz CT molecular complexity index is 485. The lowest BCUT2D eigenvalue weighted by atomic mass is 9.97. The number of hydrogen-bond donors (Lipinski definition) is 2. The molecule has 0 aromatic carbocycles. The van der Waals surface area contributed by atoms with Gasteiger partial charge in [0.25, 0.3) is 5.91 Å². The van der Waals surface area contributed by atoms with E-state index in [0.717, 1.165) is 0 Å². The van der Waals surface area contributed by atoms with E-state index in [4.69, 9.17) is 5.11 Å². The van der Waals surface area contributed by atoms with E-state index >= 15 is 0 Å². The van der Waals surface area contributed by atoms with Gasteiger partial charge in [-0.1, -0.05) is 13.8 Å². The van der Waals surface area contributed by atoms with Gasteiger partial charge in [0.2, 0.25) is 0 Å². The van der Waals surface area contributed by atoms with E-state index in [9.17, 15) is 9.59 Å². The van der Waals surface area contributed by atoms with Crippen LogP contribution in [0.1, 0.15) is 30.8 Å². The number of nitrogens with one attached hydrogen (secondary N) is 1. The summed E-state index contributed by atoms with van der Waals surface area (Å²) >= 11 is 0. The number of hydrogen-bond acceptors (Lipinski definition) is 5. The first kappa shape index (κ1) is 16.9. The molecule has 0 fully saturated rings. The van der Waals surface area contributed by atoms with E-state index in [1.54, 1.807) is 26.2 Å². The highest BCUT2D eigenvalue weighted by atomic mass is 16.4. The van der Waals surface area contributed by atoms with E-state index in [1.807, 2.05) is 13.8 Å². The number of amides is 1. The number of rotatable bonds is 7. The van der Waals surface area contributed by atoms with Gasteiger partial charge < -0.3 is 15.3 Å². The number of aromatic nitrogens is 2. The highest BCUT2D eigenvalue weighted by molar-refractivity contribution is 5.91. The van der Waals surface area contributed by atoms with Crippen molar-refractivity contribution in [1.29, 1.82) is 0 Å². The zero-order valence-corrected chi connectivity index (χ0v) is 12.8. The molecular weight excluding hydrogens is 272 g/mol. The molecule has 1 aromatic rings. The predicted octanol–water partition coefficient (Wildman–Crippen LogP) is 1.34. The van der Waals surface area contributed by atoms with Gasteiger partial charge in [0, 0.05) is 20.6 Å². The summed E-state index contributed by atoms with van der Waals surface area (Å²) in [7, 11) is 3.28. The quantitative estimate of drug-likeness (QED) is 0.788. The standard InChI is InChI=1S/C14H22N4O3/c1-9(2)7-10(14(20)21)8-15-12-6-5-11(16-17-12)13(19)18(3)4/h5-6,9-10H,7-8H2,1-4H3,(H,15,17)(H,20,21). The Morgan fingerprint density at radius 3 is 2.38 bits per heavy atom. The van der Waals surface area contributed by atoms with Crippen molar-refractivity contribution in [3.63, 3.8) is 0 Å². The molecule has 0 saturated carbocycles. The Balaban J connectivity index is 2.63. The monoisotopic (exact) mass is 294 g/mol. The van der Waals surface area contributed by atoms with E-state index in [0.29, 0.717) is 18.2 Å². The van der Waals surface area contributed by atoms with Crippen molar-refractivity contribution in [3.8, 4) is 0 Å². The van der Waals surface area contributed by atoms with Crippen LogP contribution in [0.4, 0.5) is 5.82 Å². The Morgan fingerprint density at radius 1 is 1.29 bits per heavy atom. The molecule has 7 heteroatoms. The van der Waals surface area contributed by atoms with Crippen LogP contribution in [-0.2, 0) is 4.79 Å². The van der Waals surface area contributed by atoms with E-state index < -0.39 is 11.9 Å². The van der Waals surface area contributed by atoms with Crippen molar-refractivity contribution in [1.82, 2.24) is 15.1 Å². The number of carbonyl (C=O) groups excluding carboxylic acids is 1. The van der Waals surface area contributed by atoms with Crippen molar-refractivity contribution in [2.75, 3.05) is 26.0 Å². The summed E-state index contributed by atoms with van der Waals surface area (Å²) in [5, 5.41) is 19.8. The second kappa shape index (κ2) is 7.56. The van der Waals surface area contributed by atoms with Crippen LogP contribution in [0.15, 0.2) is 12.1 Å². The van der Waals surface area contributed by atoms with Crippen molar-refractivity contribution >= 4 is 17.7 Å². The molecule has 1 heterocycles. The first-order valence-corrected chi connectivity index (χ1v) is 6.83. The fraction of sp³-hybridized carbons (Fsp3) is 0.571. The van der Waals surface area contributed by atoms with Gasteiger partial charge in [-0.2, -0.15) is 0 Å². The SMILES string of the molecule is CC(C)CC(CNc1ccc(C(=O)N(C)C)nn1)C(=O)O. The maximum atomic E-state index is 11.7. The summed E-state index contributed by atoms with van der Waals surface area (Å²) in [4.78, 5) is 24.2. The Kier molecular flexibility index (Phi) is 6.08. The van der Waals surface area contributed by atoms with Gasteiger partial charge in [0.05, 0.1) is 5.92 Å². The van der Waals surface area contributed by atoms with Gasteiger partial charge in [0.1, 0.15) is 5.82 Å². The largest absolute Gasteiger partial charge is 0.481 e. The molecule has 21 heavy (non-hydrogen) atoms. The van der Waals surface area contributed by atoms with Gasteiger partial charge in [-0.05, 0) is 24.5 Å². The summed E-state index contributed by atoms with van der Waals surface area (Å²) in [6.45, 7) is 4.25. The first-order valence-electron chi connectivity index (χ1n) is 6.83. The van der Waals surface area contributed by atoms with E-state index in [2.05, 4.69) is 15.5 Å². The fourth-order valence-corrected chi connectivity index (χ4v) is 1.84. The normalized spacial score (nSPS) is 12.0. The average molecular weight is 294 g/mol. The van der Waals surface area contributed by atoms with Crippen LogP contribution in [-0.4, -0.2) is 52.7 Å². The van der Waals surface area contributed by atoms with Crippen LogP contribution in [0, 0.1) is 11.8 Å². The van der Waals surface area contributed by atoms with Gasteiger partial charge in [-0.25, -0.2) is 0 Å². The summed E-state index contributed by atoms with van der Waals surface area (Å²) < 4.78 is 0. The summed E-state index contributed by atoms with van der Waals surface area (Å²) in [6.07, 6.45) is 0.590. The molecule has 0 aliphatic heterocycles. The molecule has 116 valence electrons. The molecule has 0 aliphatic rings. The van der Waals surface area contributed by atoms with Gasteiger partial charge in [-0.15, -0.1) is 10.2 Å². The molecule has 1 rings (SSSR count). The van der Waals surface area contributed by atoms with Crippen LogP contribution < -0.4 is 5.32 Å². The molecule has 0 spiro atoms. The number of carboxylic acid groups (broad SMARTS) is 1. The molecule has 0 saturated heterocycles. The number of nitrogens with zero attached hydrogens (tertiary/aromatic N) is 3. The van der Waals surface area contributed by atoms with Crippen LogP contribution in [0.2, 0.25) is 0 Å². The molecule has 1 amide bonds. The molecule has 1 atom stereocenters. The van der Waals surface area contributed by atoms with Crippen molar-refractivity contribution < 1.29 is 14.7 Å². The smallest absolute Gasteiger partial charge is 0.308 e. The molecule has 1 unspecified atom stereocenters. The lowest BCUT2D eigenvalue weighted by molar-refractivity contribution is -0.141. The minimum absolute atomic E-state index is 0.225. The lowest BCUT2D eigenvalue weighted by Gasteiger charge is -2.15. The first-order chi connectivity index (χ1) is 9.81. The molecule has 0 aliphatic carbocycles. The zero-order chi connectivity index (χ0) is 16.0. The molecule has 0 bridgehead atoms. The Labute approximate surface area is 124 Å². The molecule has 2 N–H and O–H groups in total. The third kappa shape index (κ3) is 5.37. The second-order valence-corrected chi connectivity index (χ2v) is 5.55. The number of aliphatic carboxylic acids is 1. The third-order valence-electron chi connectivity index (χ3n) is 2.92. The maximum absolute atomic E-state index is 11.7. The van der Waals surface area contributed by atoms with Crippen molar-refractivity contribution in [3.05, 3.63) is 17.8 Å². The minimum Gasteiger partial charge on any atom is -0.481 e. The van der Waals surface area contributed by atoms with Gasteiger partial charge >= 0.3 is 5.97 Å². The van der Waals surface area contributed by atoms with Crippen LogP contribution >= 0.6 is 0 Å². The summed E-state index contributed by atoms with van der Waals surface area (Å²) in [5.74, 6) is -0.768. The topological polar surface area (TPSA) is 95.4 Å². The number of carbonyl (C=O) groups is 2. The maximum Gasteiger partial charge on any atom is 0.308 e. The highest BCUT2D eigenvalue weighted by Gasteiger charge is 2.19. The lowest BCUT2D eigenvalue weighted by Crippen LogP contribution is -2.25. The zero-order valence-electron chi connectivity index (χ0n) is 12.8. The summed E-state index contributed by atoms with van der Waals surface area (Å²) in [6, 6.07) is 3.19. The second-order valence-electron chi connectivity index (χ2n) is 5.55.